The molecule has 0 aromatic heterocycles. The normalized spacial score (nSPS) is 11.1. The summed E-state index contributed by atoms with van der Waals surface area (Å²) < 4.78 is 14.6. The van der Waals surface area contributed by atoms with Crippen LogP contribution in [0.15, 0.2) is 24.3 Å². The molecule has 0 heterocycles. The molecule has 0 fully saturated rings. The third-order valence-corrected chi connectivity index (χ3v) is 5.08. The number of nitrogens with one attached hydrogen (secondary N) is 1. The molecule has 218 valence electrons. The number of rotatable bonds is 19. The number of benzene rings is 1. The summed E-state index contributed by atoms with van der Waals surface area (Å²) in [4.78, 5) is 64.5. The number of carbonyl (C=O) groups excluding carboxylic acids is 5. The number of amides is 1. The number of esters is 3. The lowest BCUT2D eigenvalue weighted by Crippen LogP contribution is -2.52. The largest absolute Gasteiger partial charge is 0.455 e. The van der Waals surface area contributed by atoms with Crippen molar-refractivity contribution >= 4 is 29.6 Å². The average Bonchev–Trinajstić information content (AvgIpc) is 2.91. The zero-order valence-corrected chi connectivity index (χ0v) is 21.5. The van der Waals surface area contributed by atoms with E-state index in [1.807, 2.05) is 0 Å². The summed E-state index contributed by atoms with van der Waals surface area (Å²) in [6.45, 7) is -1.62. The number of hydrogen-bond donors (Lipinski definition) is 5. The van der Waals surface area contributed by atoms with E-state index in [9.17, 15) is 34.2 Å². The van der Waals surface area contributed by atoms with Gasteiger partial charge in [0.1, 0.15) is 6.61 Å². The Morgan fingerprint density at radius 2 is 1.54 bits per heavy atom. The van der Waals surface area contributed by atoms with Gasteiger partial charge in [0.05, 0.1) is 36.3 Å². The Kier molecular flexibility index (Phi) is 15.4. The van der Waals surface area contributed by atoms with Gasteiger partial charge >= 0.3 is 17.9 Å². The topological polar surface area (TPSA) is 218 Å². The Morgan fingerprint density at radius 1 is 0.872 bits per heavy atom. The number of ketones is 1. The molecular weight excluding hydrogens is 524 g/mol. The van der Waals surface area contributed by atoms with Crippen molar-refractivity contribution in [3.05, 3.63) is 35.4 Å². The number of Topliss-reactive ketones (excluding diaryl/α,β-unsaturated/α-hetero) is 1. The predicted octanol–water partition coefficient (Wildman–Crippen LogP) is -0.527. The van der Waals surface area contributed by atoms with Crippen LogP contribution in [0.25, 0.3) is 0 Å². The molecule has 0 radical (unpaired) electrons. The highest BCUT2D eigenvalue weighted by molar-refractivity contribution is 5.95. The van der Waals surface area contributed by atoms with Crippen molar-refractivity contribution in [1.29, 1.82) is 0 Å². The molecule has 5 N–H and O–H groups in total. The minimum absolute atomic E-state index is 0.0163. The third-order valence-electron chi connectivity index (χ3n) is 5.08. The van der Waals surface area contributed by atoms with Gasteiger partial charge in [-0.05, 0) is 31.4 Å². The molecule has 1 aromatic rings. The Hall–Kier alpha value is -3.47. The maximum atomic E-state index is 12.5. The second-order valence-corrected chi connectivity index (χ2v) is 8.59. The van der Waals surface area contributed by atoms with Gasteiger partial charge in [0.2, 0.25) is 0 Å². The Bertz CT molecular complexity index is 963. The summed E-state index contributed by atoms with van der Waals surface area (Å²) in [6, 6.07) is 5.98. The van der Waals surface area contributed by atoms with Crippen LogP contribution >= 0.6 is 0 Å². The van der Waals surface area contributed by atoms with Crippen LogP contribution in [-0.2, 0) is 44.6 Å². The summed E-state index contributed by atoms with van der Waals surface area (Å²) >= 11 is 0. The van der Waals surface area contributed by atoms with E-state index in [0.717, 1.165) is 0 Å². The Balaban J connectivity index is 2.41. The first-order chi connectivity index (χ1) is 18.5. The number of unbranched alkanes of at least 4 members (excludes halogenated alkanes) is 2. The van der Waals surface area contributed by atoms with Crippen molar-refractivity contribution in [2.45, 2.75) is 44.6 Å². The molecule has 39 heavy (non-hydrogen) atoms. The quantitative estimate of drug-likeness (QED) is 0.0624. The summed E-state index contributed by atoms with van der Waals surface area (Å²) in [5.74, 6) is -3.78. The highest BCUT2D eigenvalue weighted by Gasteiger charge is 2.25. The lowest BCUT2D eigenvalue weighted by molar-refractivity contribution is -0.492. The van der Waals surface area contributed by atoms with Crippen LogP contribution in [0.2, 0.25) is 0 Å². The van der Waals surface area contributed by atoms with E-state index in [-0.39, 0.29) is 30.6 Å². The number of nitrogens with zero attached hydrogens (tertiary/aromatic N) is 1. The van der Waals surface area contributed by atoms with E-state index >= 15 is 0 Å². The second kappa shape index (κ2) is 17.9. The van der Waals surface area contributed by atoms with Crippen LogP contribution in [0.5, 0.6) is 0 Å². The summed E-state index contributed by atoms with van der Waals surface area (Å²) in [5, 5.41) is 37.1. The van der Waals surface area contributed by atoms with Crippen molar-refractivity contribution < 1.29 is 63.6 Å². The number of aliphatic hydroxyl groups excluding tert-OH is 2. The molecular formula is C24H34N2O13. The molecule has 1 aromatic carbocycles. The van der Waals surface area contributed by atoms with Crippen LogP contribution in [0.4, 0.5) is 0 Å². The Labute approximate surface area is 224 Å². The smallest absolute Gasteiger partial charge is 0.344 e. The third kappa shape index (κ3) is 14.3. The van der Waals surface area contributed by atoms with E-state index in [4.69, 9.17) is 24.6 Å². The molecule has 1 rings (SSSR count). The van der Waals surface area contributed by atoms with Gasteiger partial charge in [0, 0.05) is 12.8 Å². The monoisotopic (exact) mass is 558 g/mol. The van der Waals surface area contributed by atoms with Crippen molar-refractivity contribution in [3.63, 3.8) is 0 Å². The number of aliphatic hydroxyl groups is 2. The van der Waals surface area contributed by atoms with Crippen molar-refractivity contribution in [2.24, 2.45) is 0 Å². The van der Waals surface area contributed by atoms with Crippen LogP contribution in [0.3, 0.4) is 0 Å². The second-order valence-electron chi connectivity index (χ2n) is 8.59. The lowest BCUT2D eigenvalue weighted by Gasteiger charge is -2.25. The standard InChI is InChI=1S/C24H34N2O13/c1-24(15-27,16-28)25-20(30)13-38-23(33)19-8-5-4-7-17(19)11-18(29)12-36-22(32)14-37-21(31)9-3-2-6-10-39-26(34)35/h4-5,7-8,27-28,34-35H,2-3,6,9-16H2,1H3,(H,25,30). The minimum atomic E-state index is -1.29. The maximum Gasteiger partial charge on any atom is 0.344 e. The number of carbonyl (C=O) groups is 5. The summed E-state index contributed by atoms with van der Waals surface area (Å²) in [6.07, 6.45) is 1.15. The molecule has 0 aliphatic rings. The molecule has 1 amide bonds. The summed E-state index contributed by atoms with van der Waals surface area (Å²) in [7, 11) is 0. The van der Waals surface area contributed by atoms with E-state index < -0.39 is 73.6 Å². The molecule has 0 bridgehead atoms. The van der Waals surface area contributed by atoms with Gasteiger partial charge < -0.3 is 29.7 Å². The van der Waals surface area contributed by atoms with Crippen LogP contribution < -0.4 is 5.32 Å². The van der Waals surface area contributed by atoms with E-state index in [2.05, 4.69) is 10.2 Å². The first-order valence-electron chi connectivity index (χ1n) is 11.9. The lowest BCUT2D eigenvalue weighted by atomic mass is 10.0. The van der Waals surface area contributed by atoms with Crippen LogP contribution in [0.1, 0.15) is 48.5 Å². The van der Waals surface area contributed by atoms with Crippen molar-refractivity contribution in [2.75, 3.05) is 39.6 Å². The minimum Gasteiger partial charge on any atom is -0.455 e. The van der Waals surface area contributed by atoms with Gasteiger partial charge in [-0.3, -0.25) is 29.6 Å². The fraction of sp³-hybridized carbons (Fsp3) is 0.542. The van der Waals surface area contributed by atoms with Crippen LogP contribution in [-0.4, -0.2) is 101 Å². The van der Waals surface area contributed by atoms with Gasteiger partial charge in [-0.1, -0.05) is 24.6 Å². The van der Waals surface area contributed by atoms with Gasteiger partial charge in [-0.2, -0.15) is 0 Å². The molecule has 0 aliphatic carbocycles. The first kappa shape index (κ1) is 33.6. The van der Waals surface area contributed by atoms with Crippen molar-refractivity contribution in [1.82, 2.24) is 10.7 Å². The zero-order chi connectivity index (χ0) is 29.3. The SMILES string of the molecule is CC(CO)(CO)NC(=O)COC(=O)c1ccccc1CC(=O)COC(=O)COC(=O)CCCCCON(O)O. The van der Waals surface area contributed by atoms with E-state index in [1.54, 1.807) is 6.07 Å². The molecule has 0 spiro atoms. The molecule has 0 saturated carbocycles. The molecule has 0 atom stereocenters. The zero-order valence-electron chi connectivity index (χ0n) is 21.5. The molecule has 15 heteroatoms. The predicted molar refractivity (Wildman–Crippen MR) is 128 cm³/mol. The highest BCUT2D eigenvalue weighted by Crippen LogP contribution is 2.12. The molecule has 15 nitrogen and oxygen atoms in total. The molecule has 0 unspecified atom stereocenters. The number of hydrogen-bond acceptors (Lipinski definition) is 14. The average molecular weight is 559 g/mol. The maximum absolute atomic E-state index is 12.5. The highest BCUT2D eigenvalue weighted by atomic mass is 17.1. The van der Waals surface area contributed by atoms with E-state index in [1.165, 1.54) is 25.1 Å². The van der Waals surface area contributed by atoms with Crippen molar-refractivity contribution in [3.8, 4) is 0 Å². The van der Waals surface area contributed by atoms with Gasteiger partial charge in [-0.15, -0.1) is 0 Å². The van der Waals surface area contributed by atoms with Gasteiger partial charge in [0.15, 0.2) is 19.0 Å². The van der Waals surface area contributed by atoms with Gasteiger partial charge in [-0.25, -0.2) is 9.59 Å². The Morgan fingerprint density at radius 3 is 2.21 bits per heavy atom. The molecule has 0 aliphatic heterocycles. The summed E-state index contributed by atoms with van der Waals surface area (Å²) in [5.41, 5.74) is -1.00. The first-order valence-corrected chi connectivity index (χ1v) is 11.9. The molecule has 0 saturated heterocycles. The van der Waals surface area contributed by atoms with Crippen LogP contribution in [0, 0.1) is 0 Å². The fourth-order valence-corrected chi connectivity index (χ4v) is 2.96. The van der Waals surface area contributed by atoms with Gasteiger partial charge in [0.25, 0.3) is 5.91 Å². The fourth-order valence-electron chi connectivity index (χ4n) is 2.96. The number of ether oxygens (including phenoxy) is 3. The van der Waals surface area contributed by atoms with E-state index in [0.29, 0.717) is 19.3 Å².